The molecule has 0 aliphatic carbocycles. The number of methoxy groups -OCH3 is 2. The number of carbonyl (C=O) groups excluding carboxylic acids is 1. The van der Waals surface area contributed by atoms with E-state index in [4.69, 9.17) is 25.8 Å². The molecule has 0 aliphatic heterocycles. The number of carbonyl (C=O) groups is 1. The van der Waals surface area contributed by atoms with Gasteiger partial charge in [0.15, 0.2) is 0 Å². The number of hydrogen-bond donors (Lipinski definition) is 2. The van der Waals surface area contributed by atoms with Crippen LogP contribution in [0.15, 0.2) is 47.4 Å². The lowest BCUT2D eigenvalue weighted by molar-refractivity contribution is 0.0946. The first-order valence-electron chi connectivity index (χ1n) is 8.70. The van der Waals surface area contributed by atoms with Crippen molar-refractivity contribution in [2.75, 3.05) is 40.5 Å². The summed E-state index contributed by atoms with van der Waals surface area (Å²) in [6.45, 7) is 0.796. The maximum Gasteiger partial charge on any atom is 0.251 e. The molecule has 8 nitrogen and oxygen atoms in total. The van der Waals surface area contributed by atoms with Crippen LogP contribution in [0.4, 0.5) is 0 Å². The number of ether oxygens (including phenoxy) is 3. The second-order valence-corrected chi connectivity index (χ2v) is 7.99. The van der Waals surface area contributed by atoms with Crippen LogP contribution in [0.2, 0.25) is 5.02 Å². The molecule has 0 saturated carbocycles. The second kappa shape index (κ2) is 11.0. The van der Waals surface area contributed by atoms with E-state index in [2.05, 4.69) is 10.0 Å². The van der Waals surface area contributed by atoms with Crippen molar-refractivity contribution < 1.29 is 27.4 Å². The third-order valence-corrected chi connectivity index (χ3v) is 5.52. The van der Waals surface area contributed by atoms with Crippen LogP contribution < -0.4 is 19.5 Å². The molecule has 2 aromatic carbocycles. The third kappa shape index (κ3) is 6.90. The Hall–Kier alpha value is -2.33. The van der Waals surface area contributed by atoms with Gasteiger partial charge in [-0.2, -0.15) is 0 Å². The molecule has 0 fully saturated rings. The van der Waals surface area contributed by atoms with Crippen molar-refractivity contribution in [1.29, 1.82) is 0 Å². The SMILES string of the molecule is COCCNS(=O)(=O)c1cc(C(=O)NCCOc2ccc(Cl)cc2)ccc1OC. The van der Waals surface area contributed by atoms with Gasteiger partial charge in [-0.15, -0.1) is 0 Å². The van der Waals surface area contributed by atoms with Crippen LogP contribution >= 0.6 is 11.6 Å². The highest BCUT2D eigenvalue weighted by molar-refractivity contribution is 7.89. The largest absolute Gasteiger partial charge is 0.495 e. The summed E-state index contributed by atoms with van der Waals surface area (Å²) in [6.07, 6.45) is 0. The van der Waals surface area contributed by atoms with Crippen molar-refractivity contribution in [3.05, 3.63) is 53.1 Å². The first-order valence-corrected chi connectivity index (χ1v) is 10.6. The second-order valence-electron chi connectivity index (χ2n) is 5.81. The Morgan fingerprint density at radius 2 is 1.76 bits per heavy atom. The lowest BCUT2D eigenvalue weighted by Gasteiger charge is -2.13. The van der Waals surface area contributed by atoms with E-state index in [1.54, 1.807) is 24.3 Å². The van der Waals surface area contributed by atoms with Crippen LogP contribution in [0.25, 0.3) is 0 Å². The minimum Gasteiger partial charge on any atom is -0.495 e. The highest BCUT2D eigenvalue weighted by Crippen LogP contribution is 2.24. The Morgan fingerprint density at radius 1 is 1.03 bits per heavy atom. The summed E-state index contributed by atoms with van der Waals surface area (Å²) in [5, 5.41) is 3.29. The van der Waals surface area contributed by atoms with Gasteiger partial charge < -0.3 is 19.5 Å². The fourth-order valence-electron chi connectivity index (χ4n) is 2.35. The van der Waals surface area contributed by atoms with Crippen LogP contribution in [-0.2, 0) is 14.8 Å². The quantitative estimate of drug-likeness (QED) is 0.516. The predicted octanol–water partition coefficient (Wildman–Crippen LogP) is 2.08. The van der Waals surface area contributed by atoms with Gasteiger partial charge >= 0.3 is 0 Å². The minimum absolute atomic E-state index is 0.0977. The third-order valence-electron chi connectivity index (χ3n) is 3.78. The molecule has 0 saturated heterocycles. The van der Waals surface area contributed by atoms with Crippen molar-refractivity contribution >= 4 is 27.5 Å². The summed E-state index contributed by atoms with van der Waals surface area (Å²) in [4.78, 5) is 12.3. The van der Waals surface area contributed by atoms with E-state index in [9.17, 15) is 13.2 Å². The molecule has 2 N–H and O–H groups in total. The van der Waals surface area contributed by atoms with E-state index in [1.807, 2.05) is 0 Å². The standard InChI is InChI=1S/C19H23ClN2O6S/c1-26-11-10-22-29(24,25)18-13-14(3-8-17(18)27-2)19(23)21-9-12-28-16-6-4-15(20)5-7-16/h3-8,13,22H,9-12H2,1-2H3,(H,21,23). The number of nitrogens with one attached hydrogen (secondary N) is 2. The molecule has 158 valence electrons. The van der Waals surface area contributed by atoms with Gasteiger partial charge in [0.1, 0.15) is 23.0 Å². The van der Waals surface area contributed by atoms with Crippen molar-refractivity contribution in [3.63, 3.8) is 0 Å². The predicted molar refractivity (Wildman–Crippen MR) is 109 cm³/mol. The molecule has 0 aliphatic rings. The molecule has 0 bridgehead atoms. The van der Waals surface area contributed by atoms with Crippen molar-refractivity contribution in [2.45, 2.75) is 4.90 Å². The Morgan fingerprint density at radius 3 is 2.41 bits per heavy atom. The van der Waals surface area contributed by atoms with Gasteiger partial charge in [0, 0.05) is 24.2 Å². The van der Waals surface area contributed by atoms with Crippen molar-refractivity contribution in [3.8, 4) is 11.5 Å². The summed E-state index contributed by atoms with van der Waals surface area (Å²) >= 11 is 5.81. The molecule has 0 unspecified atom stereocenters. The molecule has 0 heterocycles. The number of benzene rings is 2. The van der Waals surface area contributed by atoms with Crippen LogP contribution in [-0.4, -0.2) is 54.8 Å². The summed E-state index contributed by atoms with van der Waals surface area (Å²) in [6, 6.07) is 11.0. The molecule has 29 heavy (non-hydrogen) atoms. The first-order chi connectivity index (χ1) is 13.9. The van der Waals surface area contributed by atoms with E-state index in [1.165, 1.54) is 32.4 Å². The summed E-state index contributed by atoms with van der Waals surface area (Å²) < 4.78 is 42.9. The number of amides is 1. The lowest BCUT2D eigenvalue weighted by atomic mass is 10.2. The van der Waals surface area contributed by atoms with Gasteiger partial charge in [0.05, 0.1) is 20.3 Å². The van der Waals surface area contributed by atoms with Gasteiger partial charge in [-0.05, 0) is 42.5 Å². The zero-order chi connectivity index (χ0) is 21.3. The van der Waals surface area contributed by atoms with Gasteiger partial charge in [-0.25, -0.2) is 13.1 Å². The maximum absolute atomic E-state index is 12.5. The van der Waals surface area contributed by atoms with Gasteiger partial charge in [-0.3, -0.25) is 4.79 Å². The Labute approximate surface area is 175 Å². The van der Waals surface area contributed by atoms with E-state index < -0.39 is 15.9 Å². The smallest absolute Gasteiger partial charge is 0.251 e. The fourth-order valence-corrected chi connectivity index (χ4v) is 3.68. The molecular weight excluding hydrogens is 420 g/mol. The first kappa shape index (κ1) is 23.0. The molecule has 0 atom stereocenters. The van der Waals surface area contributed by atoms with Gasteiger partial charge in [0.2, 0.25) is 10.0 Å². The van der Waals surface area contributed by atoms with Crippen LogP contribution in [0.1, 0.15) is 10.4 Å². The topological polar surface area (TPSA) is 103 Å². The summed E-state index contributed by atoms with van der Waals surface area (Å²) in [5.74, 6) is 0.335. The molecule has 0 aromatic heterocycles. The maximum atomic E-state index is 12.5. The number of hydrogen-bond acceptors (Lipinski definition) is 6. The van der Waals surface area contributed by atoms with Gasteiger partial charge in [0.25, 0.3) is 5.91 Å². The molecule has 10 heteroatoms. The van der Waals surface area contributed by atoms with Crippen LogP contribution in [0, 0.1) is 0 Å². The molecule has 0 radical (unpaired) electrons. The van der Waals surface area contributed by atoms with Crippen molar-refractivity contribution in [1.82, 2.24) is 10.0 Å². The van der Waals surface area contributed by atoms with Crippen molar-refractivity contribution in [2.24, 2.45) is 0 Å². The van der Waals surface area contributed by atoms with Crippen LogP contribution in [0.5, 0.6) is 11.5 Å². The lowest BCUT2D eigenvalue weighted by Crippen LogP contribution is -2.30. The fraction of sp³-hybridized carbons (Fsp3) is 0.316. The number of rotatable bonds is 11. The normalized spacial score (nSPS) is 11.1. The average Bonchev–Trinajstić information content (AvgIpc) is 2.72. The Kier molecular flexibility index (Phi) is 8.71. The Bertz CT molecular complexity index is 919. The van der Waals surface area contributed by atoms with E-state index in [-0.39, 0.29) is 42.5 Å². The average molecular weight is 443 g/mol. The molecular formula is C19H23ClN2O6S. The highest BCUT2D eigenvalue weighted by Gasteiger charge is 2.21. The molecule has 0 spiro atoms. The number of sulfonamides is 1. The van der Waals surface area contributed by atoms with E-state index >= 15 is 0 Å². The zero-order valence-electron chi connectivity index (χ0n) is 16.1. The van der Waals surface area contributed by atoms with E-state index in [0.717, 1.165) is 0 Å². The minimum atomic E-state index is -3.87. The zero-order valence-corrected chi connectivity index (χ0v) is 17.7. The Balaban J connectivity index is 2.00. The molecule has 2 aromatic rings. The molecule has 2 rings (SSSR count). The summed E-state index contributed by atoms with van der Waals surface area (Å²) in [5.41, 5.74) is 0.185. The number of halogens is 1. The van der Waals surface area contributed by atoms with Crippen LogP contribution in [0.3, 0.4) is 0 Å². The van der Waals surface area contributed by atoms with Gasteiger partial charge in [-0.1, -0.05) is 11.6 Å². The molecule has 1 amide bonds. The van der Waals surface area contributed by atoms with E-state index in [0.29, 0.717) is 10.8 Å². The summed E-state index contributed by atoms with van der Waals surface area (Å²) in [7, 11) is -1.04. The highest BCUT2D eigenvalue weighted by atomic mass is 35.5. The monoisotopic (exact) mass is 442 g/mol.